The second kappa shape index (κ2) is 7.61. The fraction of sp³-hybridized carbons (Fsp3) is 0.812. The molecule has 1 rings (SSSR count). The Labute approximate surface area is 134 Å². The van der Waals surface area contributed by atoms with Crippen LogP contribution in [0.4, 0.5) is 0 Å². The van der Waals surface area contributed by atoms with Crippen molar-refractivity contribution in [3.05, 3.63) is 11.5 Å². The molecule has 0 aromatic rings. The SMILES string of the molecule is CC[Si](CC)(CC)OC(C)CCC1(O)C(=O)C(OC)=C1OC. The standard InChI is InChI=1S/C16H30O5Si/c1-7-22(8-2,9-3)21-12(4)10-11-16(18)14(17)13(19-5)15(16)20-6/h12,18H,7-11H2,1-6H3. The lowest BCUT2D eigenvalue weighted by atomic mass is 9.79. The first-order chi connectivity index (χ1) is 10.3. The van der Waals surface area contributed by atoms with Crippen LogP contribution in [0.15, 0.2) is 11.5 Å². The molecular formula is C16H30O5Si. The van der Waals surface area contributed by atoms with Gasteiger partial charge >= 0.3 is 0 Å². The van der Waals surface area contributed by atoms with Gasteiger partial charge < -0.3 is 19.0 Å². The molecule has 0 saturated heterocycles. The van der Waals surface area contributed by atoms with Crippen LogP contribution in [0.5, 0.6) is 0 Å². The molecule has 1 aliphatic carbocycles. The van der Waals surface area contributed by atoms with Gasteiger partial charge in [0.2, 0.25) is 11.5 Å². The van der Waals surface area contributed by atoms with Gasteiger partial charge in [0.05, 0.1) is 14.2 Å². The van der Waals surface area contributed by atoms with Gasteiger partial charge in [0, 0.05) is 6.10 Å². The summed E-state index contributed by atoms with van der Waals surface area (Å²) in [5, 5.41) is 10.5. The lowest BCUT2D eigenvalue weighted by molar-refractivity contribution is -0.146. The second-order valence-electron chi connectivity index (χ2n) is 5.97. The van der Waals surface area contributed by atoms with E-state index in [-0.39, 0.29) is 17.6 Å². The summed E-state index contributed by atoms with van der Waals surface area (Å²) in [5.74, 6) is -0.0424. The van der Waals surface area contributed by atoms with E-state index in [9.17, 15) is 9.90 Å². The zero-order valence-corrected chi connectivity index (χ0v) is 15.7. The Bertz CT molecular complexity index is 422. The summed E-state index contributed by atoms with van der Waals surface area (Å²) in [7, 11) is 1.18. The van der Waals surface area contributed by atoms with Gasteiger partial charge in [0.1, 0.15) is 0 Å². The summed E-state index contributed by atoms with van der Waals surface area (Å²) in [6.45, 7) is 8.57. The molecule has 0 bridgehead atoms. The minimum atomic E-state index is -1.67. The Balaban J connectivity index is 2.67. The molecule has 2 atom stereocenters. The topological polar surface area (TPSA) is 65.0 Å². The van der Waals surface area contributed by atoms with Gasteiger partial charge in [0.15, 0.2) is 19.7 Å². The predicted molar refractivity (Wildman–Crippen MR) is 88.0 cm³/mol. The summed E-state index contributed by atoms with van der Waals surface area (Å²) >= 11 is 0. The van der Waals surface area contributed by atoms with Crippen LogP contribution in [0.2, 0.25) is 18.1 Å². The number of carbonyl (C=O) groups is 1. The molecule has 0 aromatic carbocycles. The smallest absolute Gasteiger partial charge is 0.240 e. The molecule has 0 saturated carbocycles. The summed E-state index contributed by atoms with van der Waals surface area (Å²) < 4.78 is 16.4. The molecule has 0 amide bonds. The number of hydrogen-bond acceptors (Lipinski definition) is 5. The van der Waals surface area contributed by atoms with E-state index in [1.165, 1.54) is 14.2 Å². The summed E-state index contributed by atoms with van der Waals surface area (Å²) in [5.41, 5.74) is -1.55. The maximum Gasteiger partial charge on any atom is 0.240 e. The second-order valence-corrected chi connectivity index (χ2v) is 10.7. The highest BCUT2D eigenvalue weighted by Crippen LogP contribution is 2.40. The summed E-state index contributed by atoms with van der Waals surface area (Å²) in [4.78, 5) is 12.0. The number of carbonyl (C=O) groups excluding carboxylic acids is 1. The monoisotopic (exact) mass is 330 g/mol. The first-order valence-electron chi connectivity index (χ1n) is 8.11. The van der Waals surface area contributed by atoms with Crippen molar-refractivity contribution in [2.45, 2.75) is 70.4 Å². The van der Waals surface area contributed by atoms with E-state index >= 15 is 0 Å². The van der Waals surface area contributed by atoms with Crippen molar-refractivity contribution in [1.82, 2.24) is 0 Å². The third-order valence-corrected chi connectivity index (χ3v) is 9.64. The molecule has 0 radical (unpaired) electrons. The Hall–Kier alpha value is -0.853. The molecule has 6 heteroatoms. The van der Waals surface area contributed by atoms with E-state index in [1.807, 2.05) is 6.92 Å². The zero-order chi connectivity index (χ0) is 17.0. The van der Waals surface area contributed by atoms with Crippen LogP contribution in [-0.2, 0) is 18.7 Å². The van der Waals surface area contributed by atoms with Crippen LogP contribution in [-0.4, -0.2) is 45.1 Å². The minimum Gasteiger partial charge on any atom is -0.494 e. The lowest BCUT2D eigenvalue weighted by Gasteiger charge is -2.38. The number of methoxy groups -OCH3 is 2. The predicted octanol–water partition coefficient (Wildman–Crippen LogP) is 3.00. The van der Waals surface area contributed by atoms with Gasteiger partial charge in [-0.1, -0.05) is 20.8 Å². The molecule has 0 aromatic heterocycles. The highest BCUT2D eigenvalue weighted by Gasteiger charge is 2.55. The molecule has 22 heavy (non-hydrogen) atoms. The van der Waals surface area contributed by atoms with Crippen molar-refractivity contribution in [1.29, 1.82) is 0 Å². The summed E-state index contributed by atoms with van der Waals surface area (Å²) in [6.07, 6.45) is 0.930. The van der Waals surface area contributed by atoms with Gasteiger partial charge in [-0.2, -0.15) is 0 Å². The molecule has 1 N–H and O–H groups in total. The maximum absolute atomic E-state index is 12.0. The maximum atomic E-state index is 12.0. The van der Waals surface area contributed by atoms with E-state index in [1.54, 1.807) is 0 Å². The van der Waals surface area contributed by atoms with Crippen molar-refractivity contribution in [3.8, 4) is 0 Å². The van der Waals surface area contributed by atoms with Gasteiger partial charge in [0.25, 0.3) is 0 Å². The first-order valence-corrected chi connectivity index (χ1v) is 10.6. The van der Waals surface area contributed by atoms with Crippen LogP contribution in [0, 0.1) is 0 Å². The van der Waals surface area contributed by atoms with E-state index in [0.717, 1.165) is 18.1 Å². The lowest BCUT2D eigenvalue weighted by Crippen LogP contribution is -2.52. The van der Waals surface area contributed by atoms with E-state index in [2.05, 4.69) is 20.8 Å². The van der Waals surface area contributed by atoms with Gasteiger partial charge in [-0.3, -0.25) is 4.79 Å². The molecule has 0 aliphatic heterocycles. The quantitative estimate of drug-likeness (QED) is 0.624. The largest absolute Gasteiger partial charge is 0.494 e. The molecular weight excluding hydrogens is 300 g/mol. The molecule has 5 nitrogen and oxygen atoms in total. The molecule has 1 aliphatic rings. The average molecular weight is 330 g/mol. The number of aliphatic hydroxyl groups is 1. The Morgan fingerprint density at radius 1 is 1.14 bits per heavy atom. The van der Waals surface area contributed by atoms with Crippen molar-refractivity contribution in [2.75, 3.05) is 14.2 Å². The Morgan fingerprint density at radius 3 is 2.09 bits per heavy atom. The molecule has 0 spiro atoms. The molecule has 0 fully saturated rings. The van der Waals surface area contributed by atoms with Crippen molar-refractivity contribution in [3.63, 3.8) is 0 Å². The molecule has 128 valence electrons. The highest BCUT2D eigenvalue weighted by atomic mass is 28.4. The van der Waals surface area contributed by atoms with Gasteiger partial charge in [-0.25, -0.2) is 0 Å². The average Bonchev–Trinajstić information content (AvgIpc) is 2.54. The van der Waals surface area contributed by atoms with E-state index < -0.39 is 19.7 Å². The van der Waals surface area contributed by atoms with Crippen LogP contribution < -0.4 is 0 Å². The Morgan fingerprint density at radius 2 is 1.68 bits per heavy atom. The van der Waals surface area contributed by atoms with Crippen LogP contribution in [0.25, 0.3) is 0 Å². The highest BCUT2D eigenvalue weighted by molar-refractivity contribution is 6.73. The zero-order valence-electron chi connectivity index (χ0n) is 14.7. The Kier molecular flexibility index (Phi) is 6.64. The van der Waals surface area contributed by atoms with Gasteiger partial charge in [-0.15, -0.1) is 0 Å². The van der Waals surface area contributed by atoms with E-state index in [0.29, 0.717) is 12.8 Å². The van der Waals surface area contributed by atoms with E-state index in [4.69, 9.17) is 13.9 Å². The minimum absolute atomic E-state index is 0.0213. The third-order valence-electron chi connectivity index (χ3n) is 4.87. The van der Waals surface area contributed by atoms with Crippen molar-refractivity contribution >= 4 is 14.1 Å². The normalized spacial score (nSPS) is 23.3. The van der Waals surface area contributed by atoms with Crippen LogP contribution >= 0.6 is 0 Å². The van der Waals surface area contributed by atoms with Crippen LogP contribution in [0.3, 0.4) is 0 Å². The fourth-order valence-electron chi connectivity index (χ4n) is 3.09. The number of ether oxygens (including phenoxy) is 2. The molecule has 0 heterocycles. The van der Waals surface area contributed by atoms with Gasteiger partial charge in [-0.05, 0) is 37.9 Å². The third kappa shape index (κ3) is 3.39. The summed E-state index contributed by atoms with van der Waals surface area (Å²) in [6, 6.07) is 3.26. The van der Waals surface area contributed by atoms with Crippen LogP contribution in [0.1, 0.15) is 40.5 Å². The fourth-order valence-corrected chi connectivity index (χ4v) is 6.06. The number of hydrogen-bond donors (Lipinski definition) is 1. The van der Waals surface area contributed by atoms with Crippen molar-refractivity contribution in [2.24, 2.45) is 0 Å². The van der Waals surface area contributed by atoms with Crippen molar-refractivity contribution < 1.29 is 23.8 Å². The number of Topliss-reactive ketones (excluding diaryl/α,β-unsaturated/α-hetero) is 1. The number of rotatable bonds is 10. The number of ketones is 1. The molecule has 2 unspecified atom stereocenters. The first kappa shape index (κ1) is 19.2.